The van der Waals surface area contributed by atoms with Gasteiger partial charge in [-0.25, -0.2) is 0 Å². The van der Waals surface area contributed by atoms with E-state index in [1.165, 1.54) is 18.2 Å². The lowest BCUT2D eigenvalue weighted by atomic mass is 10.1. The molecule has 1 aliphatic heterocycles. The maximum atomic E-state index is 12.1. The fourth-order valence-corrected chi connectivity index (χ4v) is 2.63. The summed E-state index contributed by atoms with van der Waals surface area (Å²) in [7, 11) is 0. The molecule has 0 atom stereocenters. The van der Waals surface area contributed by atoms with Gasteiger partial charge in [-0.3, -0.25) is 14.9 Å². The average Bonchev–Trinajstić information content (AvgIpc) is 2.77. The van der Waals surface area contributed by atoms with Gasteiger partial charge in [0.1, 0.15) is 0 Å². The van der Waals surface area contributed by atoms with E-state index in [9.17, 15) is 14.9 Å². The van der Waals surface area contributed by atoms with Gasteiger partial charge in [0.25, 0.3) is 5.69 Å². The van der Waals surface area contributed by atoms with Crippen LogP contribution in [0, 0.1) is 10.1 Å². The zero-order chi connectivity index (χ0) is 15.0. The van der Waals surface area contributed by atoms with E-state index >= 15 is 0 Å². The molecule has 0 aliphatic carbocycles. The number of carbonyl (C=O) groups is 1. The quantitative estimate of drug-likeness (QED) is 0.645. The number of nitro benzene ring substituents is 1. The van der Waals surface area contributed by atoms with E-state index < -0.39 is 4.92 Å². The number of carbonyl (C=O) groups excluding carboxylic acids is 1. The van der Waals surface area contributed by atoms with Crippen molar-refractivity contribution in [3.8, 4) is 0 Å². The minimum Gasteiger partial charge on any atom is -0.307 e. The van der Waals surface area contributed by atoms with Crippen molar-refractivity contribution in [1.82, 2.24) is 0 Å². The molecule has 3 rings (SSSR count). The van der Waals surface area contributed by atoms with Crippen LogP contribution in [0.25, 0.3) is 0 Å². The van der Waals surface area contributed by atoms with Crippen molar-refractivity contribution in [2.24, 2.45) is 0 Å². The van der Waals surface area contributed by atoms with E-state index in [2.05, 4.69) is 0 Å². The van der Waals surface area contributed by atoms with Gasteiger partial charge < -0.3 is 4.90 Å². The second-order valence-corrected chi connectivity index (χ2v) is 5.23. The van der Waals surface area contributed by atoms with Crippen LogP contribution in [0.5, 0.6) is 0 Å². The van der Waals surface area contributed by atoms with Crippen LogP contribution < -0.4 is 4.90 Å². The van der Waals surface area contributed by atoms with E-state index in [1.54, 1.807) is 4.90 Å². The van der Waals surface area contributed by atoms with Crippen molar-refractivity contribution in [2.45, 2.75) is 13.0 Å². The topological polar surface area (TPSA) is 63.5 Å². The highest BCUT2D eigenvalue weighted by molar-refractivity contribution is 6.31. The molecule has 0 saturated carbocycles. The van der Waals surface area contributed by atoms with Crippen LogP contribution in [0.1, 0.15) is 11.1 Å². The fourth-order valence-electron chi connectivity index (χ4n) is 2.46. The summed E-state index contributed by atoms with van der Waals surface area (Å²) < 4.78 is 0. The highest BCUT2D eigenvalue weighted by Crippen LogP contribution is 2.32. The zero-order valence-corrected chi connectivity index (χ0v) is 11.7. The molecule has 1 amide bonds. The van der Waals surface area contributed by atoms with Crippen LogP contribution in [0.15, 0.2) is 42.5 Å². The van der Waals surface area contributed by atoms with Crippen molar-refractivity contribution in [1.29, 1.82) is 0 Å². The summed E-state index contributed by atoms with van der Waals surface area (Å²) in [5.74, 6) is -0.0289. The van der Waals surface area contributed by atoms with Crippen molar-refractivity contribution < 1.29 is 9.72 Å². The normalized spacial score (nSPS) is 13.4. The molecule has 21 heavy (non-hydrogen) atoms. The van der Waals surface area contributed by atoms with Crippen LogP contribution in [0.3, 0.4) is 0 Å². The predicted molar refractivity (Wildman–Crippen MR) is 79.4 cm³/mol. The summed E-state index contributed by atoms with van der Waals surface area (Å²) in [6.07, 6.45) is 0.350. The fraction of sp³-hybridized carbons (Fsp3) is 0.133. The lowest BCUT2D eigenvalue weighted by molar-refractivity contribution is -0.384. The van der Waals surface area contributed by atoms with Gasteiger partial charge in [-0.2, -0.15) is 0 Å². The maximum absolute atomic E-state index is 12.1. The number of amides is 1. The number of anilines is 1. The van der Waals surface area contributed by atoms with Gasteiger partial charge >= 0.3 is 0 Å². The molecule has 0 saturated heterocycles. The molecule has 106 valence electrons. The third-order valence-electron chi connectivity index (χ3n) is 3.49. The summed E-state index contributed by atoms with van der Waals surface area (Å²) in [5, 5.41) is 11.3. The number of non-ortho nitro benzene ring substituents is 1. The molecule has 0 spiro atoms. The van der Waals surface area contributed by atoms with Gasteiger partial charge in [0, 0.05) is 22.8 Å². The first-order chi connectivity index (χ1) is 10.1. The molecule has 1 aliphatic rings. The largest absolute Gasteiger partial charge is 0.307 e. The Labute approximate surface area is 125 Å². The van der Waals surface area contributed by atoms with Crippen molar-refractivity contribution in [3.63, 3.8) is 0 Å². The highest BCUT2D eigenvalue weighted by atomic mass is 35.5. The predicted octanol–water partition coefficient (Wildman–Crippen LogP) is 3.34. The van der Waals surface area contributed by atoms with Gasteiger partial charge in [0.15, 0.2) is 0 Å². The Bertz CT molecular complexity index is 745. The lowest BCUT2D eigenvalue weighted by Gasteiger charge is -2.18. The van der Waals surface area contributed by atoms with E-state index in [0.29, 0.717) is 17.0 Å². The van der Waals surface area contributed by atoms with Crippen LogP contribution in [-0.4, -0.2) is 10.8 Å². The third-order valence-corrected chi connectivity index (χ3v) is 3.86. The highest BCUT2D eigenvalue weighted by Gasteiger charge is 2.27. The molecule has 0 bridgehead atoms. The molecule has 0 unspecified atom stereocenters. The first-order valence-electron chi connectivity index (χ1n) is 6.37. The molecule has 6 heteroatoms. The van der Waals surface area contributed by atoms with Crippen LogP contribution >= 0.6 is 11.6 Å². The molecule has 0 radical (unpaired) electrons. The summed E-state index contributed by atoms with van der Waals surface area (Å²) in [6.45, 7) is 0.232. The maximum Gasteiger partial charge on any atom is 0.269 e. The Morgan fingerprint density at radius 1 is 1.24 bits per heavy atom. The summed E-state index contributed by atoms with van der Waals surface area (Å²) in [6, 6.07) is 11.8. The monoisotopic (exact) mass is 302 g/mol. The molecule has 0 aromatic heterocycles. The van der Waals surface area contributed by atoms with Gasteiger partial charge in [-0.15, -0.1) is 0 Å². The number of nitrogens with zero attached hydrogens (tertiary/aromatic N) is 2. The number of hydrogen-bond donors (Lipinski definition) is 0. The number of benzene rings is 2. The van der Waals surface area contributed by atoms with Crippen molar-refractivity contribution in [2.75, 3.05) is 4.90 Å². The van der Waals surface area contributed by atoms with Gasteiger partial charge in [0.05, 0.1) is 17.9 Å². The molecule has 5 nitrogen and oxygen atoms in total. The standard InChI is InChI=1S/C15H11ClN2O3/c16-13-6-5-12(18(20)21)7-11(13)9-17-14-4-2-1-3-10(14)8-15(17)19/h1-7H,8-9H2. The lowest BCUT2D eigenvalue weighted by Crippen LogP contribution is -2.26. The average molecular weight is 303 g/mol. The number of rotatable bonds is 3. The minimum atomic E-state index is -0.473. The SMILES string of the molecule is O=C1Cc2ccccc2N1Cc1cc([N+](=O)[O-])ccc1Cl. The van der Waals surface area contributed by atoms with E-state index in [-0.39, 0.29) is 18.1 Å². The minimum absolute atomic E-state index is 0.0289. The van der Waals surface area contributed by atoms with Gasteiger partial charge in [-0.05, 0) is 23.3 Å². The zero-order valence-electron chi connectivity index (χ0n) is 11.0. The van der Waals surface area contributed by atoms with Crippen LogP contribution in [-0.2, 0) is 17.8 Å². The smallest absolute Gasteiger partial charge is 0.269 e. The summed E-state index contributed by atoms with van der Waals surface area (Å²) >= 11 is 6.09. The summed E-state index contributed by atoms with van der Waals surface area (Å²) in [4.78, 5) is 24.1. The molecular weight excluding hydrogens is 292 g/mol. The first-order valence-corrected chi connectivity index (χ1v) is 6.75. The molecule has 2 aromatic rings. The number of hydrogen-bond acceptors (Lipinski definition) is 3. The van der Waals surface area contributed by atoms with Crippen LogP contribution in [0.2, 0.25) is 5.02 Å². The molecule has 0 N–H and O–H groups in total. The van der Waals surface area contributed by atoms with Crippen molar-refractivity contribution in [3.05, 3.63) is 68.7 Å². The second-order valence-electron chi connectivity index (χ2n) is 4.82. The Morgan fingerprint density at radius 3 is 2.76 bits per heavy atom. The Balaban J connectivity index is 1.96. The third kappa shape index (κ3) is 2.48. The number of fused-ring (bicyclic) bond motifs is 1. The molecule has 2 aromatic carbocycles. The Morgan fingerprint density at radius 2 is 2.00 bits per heavy atom. The molecule has 1 heterocycles. The van der Waals surface area contributed by atoms with E-state index in [4.69, 9.17) is 11.6 Å². The van der Waals surface area contributed by atoms with Gasteiger partial charge in [0.2, 0.25) is 5.91 Å². The first kappa shape index (κ1) is 13.6. The Hall–Kier alpha value is -2.40. The summed E-state index contributed by atoms with van der Waals surface area (Å²) in [5.41, 5.74) is 2.33. The number of para-hydroxylation sites is 1. The van der Waals surface area contributed by atoms with E-state index in [1.807, 2.05) is 24.3 Å². The molecule has 0 fully saturated rings. The van der Waals surface area contributed by atoms with Crippen LogP contribution in [0.4, 0.5) is 11.4 Å². The molecular formula is C15H11ClN2O3. The number of halogens is 1. The van der Waals surface area contributed by atoms with Gasteiger partial charge in [-0.1, -0.05) is 29.8 Å². The van der Waals surface area contributed by atoms with Crippen molar-refractivity contribution >= 4 is 28.9 Å². The van der Waals surface area contributed by atoms with E-state index in [0.717, 1.165) is 11.3 Å². The second kappa shape index (κ2) is 5.18. The number of nitro groups is 1. The Kier molecular flexibility index (Phi) is 3.35.